The number of esters is 1. The molecule has 0 aromatic carbocycles. The predicted octanol–water partition coefficient (Wildman–Crippen LogP) is 2.11. The van der Waals surface area contributed by atoms with Crippen molar-refractivity contribution in [1.29, 1.82) is 0 Å². The molecule has 3 nitrogen and oxygen atoms in total. The summed E-state index contributed by atoms with van der Waals surface area (Å²) < 4.78 is 5.49. The molecule has 1 unspecified atom stereocenters. The molecule has 1 atom stereocenters. The monoisotopic (exact) mass is 213 g/mol. The normalized spacial score (nSPS) is 27.2. The Morgan fingerprint density at radius 1 is 1.38 bits per heavy atom. The van der Waals surface area contributed by atoms with Crippen LogP contribution in [0, 0.1) is 0 Å². The van der Waals surface area contributed by atoms with Gasteiger partial charge in [-0.25, -0.2) is 4.79 Å². The van der Waals surface area contributed by atoms with Gasteiger partial charge in [-0.1, -0.05) is 18.2 Å². The summed E-state index contributed by atoms with van der Waals surface area (Å²) in [4.78, 5) is 15.7. The lowest BCUT2D eigenvalue weighted by molar-refractivity contribution is -0.147. The molecule has 80 valence electrons. The van der Waals surface area contributed by atoms with Crippen molar-refractivity contribution in [3.05, 3.63) is 53.9 Å². The van der Waals surface area contributed by atoms with E-state index < -0.39 is 5.60 Å². The molecule has 0 N–H and O–H groups in total. The van der Waals surface area contributed by atoms with Crippen LogP contribution in [0.3, 0.4) is 0 Å². The zero-order chi connectivity index (χ0) is 11.0. The van der Waals surface area contributed by atoms with Crippen molar-refractivity contribution in [3.8, 4) is 0 Å². The van der Waals surface area contributed by atoms with Crippen molar-refractivity contribution < 1.29 is 9.53 Å². The quantitative estimate of drug-likeness (QED) is 0.671. The van der Waals surface area contributed by atoms with Gasteiger partial charge in [-0.3, -0.25) is 4.98 Å². The molecule has 0 spiro atoms. The molecule has 0 fully saturated rings. The Bertz CT molecular complexity index is 490. The lowest BCUT2D eigenvalue weighted by atomic mass is 9.82. The number of nitrogens with zero attached hydrogens (tertiary/aromatic N) is 1. The van der Waals surface area contributed by atoms with Gasteiger partial charge in [-0.05, 0) is 18.6 Å². The lowest BCUT2D eigenvalue weighted by Crippen LogP contribution is -2.31. The van der Waals surface area contributed by atoms with E-state index in [9.17, 15) is 4.79 Å². The molecule has 1 aromatic heterocycles. The molecule has 16 heavy (non-hydrogen) atoms. The van der Waals surface area contributed by atoms with Crippen LogP contribution >= 0.6 is 0 Å². The Morgan fingerprint density at radius 3 is 3.12 bits per heavy atom. The van der Waals surface area contributed by atoms with E-state index in [4.69, 9.17) is 4.74 Å². The zero-order valence-corrected chi connectivity index (χ0v) is 8.72. The van der Waals surface area contributed by atoms with Crippen LogP contribution in [0.4, 0.5) is 0 Å². The van der Waals surface area contributed by atoms with E-state index in [-0.39, 0.29) is 5.97 Å². The topological polar surface area (TPSA) is 39.2 Å². The van der Waals surface area contributed by atoms with Gasteiger partial charge in [0.15, 0.2) is 5.60 Å². The molecular weight excluding hydrogens is 202 g/mol. The molecule has 1 aliphatic carbocycles. The van der Waals surface area contributed by atoms with Crippen LogP contribution in [-0.2, 0) is 15.1 Å². The SMILES string of the molecule is O=C1C=C2C=CCCC2(c2ccccn2)O1. The first kappa shape index (κ1) is 9.33. The smallest absolute Gasteiger partial charge is 0.332 e. The van der Waals surface area contributed by atoms with Crippen LogP contribution in [0.15, 0.2) is 48.2 Å². The first-order valence-electron chi connectivity index (χ1n) is 5.34. The predicted molar refractivity (Wildman–Crippen MR) is 58.5 cm³/mol. The average molecular weight is 213 g/mol. The van der Waals surface area contributed by atoms with E-state index >= 15 is 0 Å². The average Bonchev–Trinajstić information content (AvgIpc) is 2.67. The summed E-state index contributed by atoms with van der Waals surface area (Å²) in [5, 5.41) is 0. The number of carbonyl (C=O) groups is 1. The lowest BCUT2D eigenvalue weighted by Gasteiger charge is -2.31. The van der Waals surface area contributed by atoms with E-state index in [0.717, 1.165) is 24.1 Å². The second-order valence-corrected chi connectivity index (χ2v) is 4.00. The number of hydrogen-bond acceptors (Lipinski definition) is 3. The molecule has 0 amide bonds. The molecule has 0 bridgehead atoms. The van der Waals surface area contributed by atoms with Crippen molar-refractivity contribution in [2.24, 2.45) is 0 Å². The van der Waals surface area contributed by atoms with Gasteiger partial charge in [0, 0.05) is 24.3 Å². The van der Waals surface area contributed by atoms with Crippen molar-refractivity contribution in [1.82, 2.24) is 4.98 Å². The first-order valence-corrected chi connectivity index (χ1v) is 5.34. The summed E-state index contributed by atoms with van der Waals surface area (Å²) in [7, 11) is 0. The molecule has 3 rings (SSSR count). The van der Waals surface area contributed by atoms with E-state index in [1.165, 1.54) is 0 Å². The molecule has 0 saturated heterocycles. The van der Waals surface area contributed by atoms with Crippen LogP contribution in [-0.4, -0.2) is 11.0 Å². The minimum absolute atomic E-state index is 0.271. The summed E-state index contributed by atoms with van der Waals surface area (Å²) >= 11 is 0. The summed E-state index contributed by atoms with van der Waals surface area (Å²) in [5.74, 6) is -0.271. The standard InChI is InChI=1S/C13H11NO2/c15-12-9-10-5-1-3-7-13(10,16-12)11-6-2-4-8-14-11/h1-2,4-6,8-9H,3,7H2. The highest BCUT2D eigenvalue weighted by Gasteiger charge is 2.45. The number of hydrogen-bond donors (Lipinski definition) is 0. The van der Waals surface area contributed by atoms with Crippen molar-refractivity contribution >= 4 is 5.97 Å². The van der Waals surface area contributed by atoms with Crippen LogP contribution in [0.2, 0.25) is 0 Å². The molecule has 0 saturated carbocycles. The van der Waals surface area contributed by atoms with Crippen molar-refractivity contribution in [2.45, 2.75) is 18.4 Å². The fourth-order valence-electron chi connectivity index (χ4n) is 2.31. The number of ether oxygens (including phenoxy) is 1. The van der Waals surface area contributed by atoms with Gasteiger partial charge in [-0.15, -0.1) is 0 Å². The Kier molecular flexibility index (Phi) is 1.93. The van der Waals surface area contributed by atoms with Crippen molar-refractivity contribution in [3.63, 3.8) is 0 Å². The number of aromatic nitrogens is 1. The third kappa shape index (κ3) is 1.21. The van der Waals surface area contributed by atoms with Gasteiger partial charge >= 0.3 is 5.97 Å². The summed E-state index contributed by atoms with van der Waals surface area (Å²) in [6.07, 6.45) is 8.99. The molecule has 3 heteroatoms. The third-order valence-electron chi connectivity index (χ3n) is 3.05. The first-order chi connectivity index (χ1) is 7.81. The van der Waals surface area contributed by atoms with Gasteiger partial charge < -0.3 is 4.74 Å². The number of pyridine rings is 1. The Morgan fingerprint density at radius 2 is 2.31 bits per heavy atom. The molecule has 1 aliphatic heterocycles. The van der Waals surface area contributed by atoms with Gasteiger partial charge in [0.2, 0.25) is 0 Å². The highest BCUT2D eigenvalue weighted by atomic mass is 16.6. The van der Waals surface area contributed by atoms with Crippen LogP contribution in [0.5, 0.6) is 0 Å². The Hall–Kier alpha value is -1.90. The van der Waals surface area contributed by atoms with Crippen LogP contribution < -0.4 is 0 Å². The highest BCUT2D eigenvalue weighted by Crippen LogP contribution is 2.44. The van der Waals surface area contributed by atoms with Crippen LogP contribution in [0.25, 0.3) is 0 Å². The molecule has 2 aliphatic rings. The number of allylic oxidation sites excluding steroid dienone is 1. The number of rotatable bonds is 1. The van der Waals surface area contributed by atoms with E-state index in [1.807, 2.05) is 24.3 Å². The van der Waals surface area contributed by atoms with Gasteiger partial charge in [0.25, 0.3) is 0 Å². The minimum Gasteiger partial charge on any atom is -0.444 e. The molecular formula is C13H11NO2. The molecule has 1 aromatic rings. The molecule has 0 radical (unpaired) electrons. The van der Waals surface area contributed by atoms with E-state index in [0.29, 0.717) is 0 Å². The second-order valence-electron chi connectivity index (χ2n) is 4.00. The fourth-order valence-corrected chi connectivity index (χ4v) is 2.31. The fraction of sp³-hybridized carbons (Fsp3) is 0.231. The van der Waals surface area contributed by atoms with Gasteiger partial charge in [-0.2, -0.15) is 0 Å². The van der Waals surface area contributed by atoms with Crippen molar-refractivity contribution in [2.75, 3.05) is 0 Å². The van der Waals surface area contributed by atoms with Crippen LogP contribution in [0.1, 0.15) is 18.5 Å². The number of carbonyl (C=O) groups excluding carboxylic acids is 1. The maximum atomic E-state index is 11.4. The second kappa shape index (κ2) is 3.30. The third-order valence-corrected chi connectivity index (χ3v) is 3.05. The molecule has 2 heterocycles. The van der Waals surface area contributed by atoms with E-state index in [2.05, 4.69) is 11.1 Å². The zero-order valence-electron chi connectivity index (χ0n) is 8.72. The highest BCUT2D eigenvalue weighted by molar-refractivity contribution is 5.88. The maximum absolute atomic E-state index is 11.4. The number of fused-ring (bicyclic) bond motifs is 1. The summed E-state index contributed by atoms with van der Waals surface area (Å²) in [6.45, 7) is 0. The van der Waals surface area contributed by atoms with Gasteiger partial charge in [0.05, 0.1) is 5.69 Å². The minimum atomic E-state index is -0.632. The van der Waals surface area contributed by atoms with Gasteiger partial charge in [0.1, 0.15) is 0 Å². The summed E-state index contributed by atoms with van der Waals surface area (Å²) in [5.41, 5.74) is 1.10. The Labute approximate surface area is 93.5 Å². The Balaban J connectivity index is 2.14. The maximum Gasteiger partial charge on any atom is 0.332 e. The summed E-state index contributed by atoms with van der Waals surface area (Å²) in [6, 6.07) is 5.68. The largest absolute Gasteiger partial charge is 0.444 e. The van der Waals surface area contributed by atoms with E-state index in [1.54, 1.807) is 12.3 Å².